The van der Waals surface area contributed by atoms with Gasteiger partial charge in [-0.25, -0.2) is 0 Å². The lowest BCUT2D eigenvalue weighted by molar-refractivity contribution is 0.485. The summed E-state index contributed by atoms with van der Waals surface area (Å²) in [6, 6.07) is 7.99. The molecular formula is C10H11NO. The Morgan fingerprint density at radius 3 is 2.83 bits per heavy atom. The third kappa shape index (κ3) is 1.01. The minimum Gasteiger partial charge on any atom is -0.466 e. The molecule has 2 N–H and O–H groups in total. The predicted molar refractivity (Wildman–Crippen MR) is 48.8 cm³/mol. The van der Waals surface area contributed by atoms with Gasteiger partial charge in [-0.1, -0.05) is 24.3 Å². The summed E-state index contributed by atoms with van der Waals surface area (Å²) in [5.74, 6) is 0.866. The number of benzene rings is 1. The molecule has 0 radical (unpaired) electrons. The fraction of sp³-hybridized carbons (Fsp3) is 0.200. The molecule has 1 atom stereocenters. The lowest BCUT2D eigenvalue weighted by Gasteiger charge is -1.99. The largest absolute Gasteiger partial charge is 0.466 e. The summed E-state index contributed by atoms with van der Waals surface area (Å²) in [6.45, 7) is 1.92. The molecule has 0 aliphatic rings. The van der Waals surface area contributed by atoms with E-state index in [4.69, 9.17) is 10.2 Å². The Morgan fingerprint density at radius 2 is 2.08 bits per heavy atom. The van der Waals surface area contributed by atoms with Gasteiger partial charge in [0.25, 0.3) is 0 Å². The van der Waals surface area contributed by atoms with E-state index < -0.39 is 0 Å². The van der Waals surface area contributed by atoms with Crippen LogP contribution < -0.4 is 5.73 Å². The number of rotatable bonds is 1. The maximum atomic E-state index is 5.73. The number of hydrogen-bond donors (Lipinski definition) is 1. The van der Waals surface area contributed by atoms with E-state index in [0.29, 0.717) is 0 Å². The van der Waals surface area contributed by atoms with E-state index in [1.54, 1.807) is 6.26 Å². The molecule has 2 rings (SSSR count). The molecule has 1 heterocycles. The molecule has 0 spiro atoms. The number of nitrogens with two attached hydrogens (primary N) is 1. The molecule has 0 saturated carbocycles. The fourth-order valence-electron chi connectivity index (χ4n) is 1.37. The van der Waals surface area contributed by atoms with Gasteiger partial charge in [0.2, 0.25) is 0 Å². The molecule has 0 fully saturated rings. The van der Waals surface area contributed by atoms with Crippen LogP contribution in [0.4, 0.5) is 0 Å². The van der Waals surface area contributed by atoms with Crippen molar-refractivity contribution < 1.29 is 4.42 Å². The van der Waals surface area contributed by atoms with E-state index in [-0.39, 0.29) is 6.04 Å². The van der Waals surface area contributed by atoms with Crippen LogP contribution >= 0.6 is 0 Å². The first-order valence-corrected chi connectivity index (χ1v) is 4.01. The van der Waals surface area contributed by atoms with Crippen LogP contribution in [0.2, 0.25) is 0 Å². The van der Waals surface area contributed by atoms with Crippen molar-refractivity contribution in [3.05, 3.63) is 36.3 Å². The second-order valence-electron chi connectivity index (χ2n) is 2.98. The van der Waals surface area contributed by atoms with E-state index in [1.807, 2.05) is 31.2 Å². The number of hydrogen-bond acceptors (Lipinski definition) is 2. The van der Waals surface area contributed by atoms with E-state index in [1.165, 1.54) is 0 Å². The van der Waals surface area contributed by atoms with Crippen molar-refractivity contribution in [1.82, 2.24) is 0 Å². The Morgan fingerprint density at radius 1 is 1.33 bits per heavy atom. The lowest BCUT2D eigenvalue weighted by atomic mass is 10.1. The molecule has 0 aliphatic carbocycles. The van der Waals surface area contributed by atoms with Crippen LogP contribution in [-0.2, 0) is 0 Å². The van der Waals surface area contributed by atoms with E-state index in [0.717, 1.165) is 16.5 Å². The van der Waals surface area contributed by atoms with Gasteiger partial charge in [0.1, 0.15) is 5.76 Å². The summed E-state index contributed by atoms with van der Waals surface area (Å²) in [4.78, 5) is 0. The van der Waals surface area contributed by atoms with Crippen molar-refractivity contribution in [2.24, 2.45) is 5.73 Å². The van der Waals surface area contributed by atoms with Crippen molar-refractivity contribution in [2.75, 3.05) is 0 Å². The number of furan rings is 1. The molecule has 2 aromatic rings. The van der Waals surface area contributed by atoms with E-state index in [9.17, 15) is 0 Å². The SMILES string of the molecule is C[C@@H](N)c1occ2ccccc12. The molecule has 2 nitrogen and oxygen atoms in total. The summed E-state index contributed by atoms with van der Waals surface area (Å²) in [7, 11) is 0. The molecule has 0 bridgehead atoms. The summed E-state index contributed by atoms with van der Waals surface area (Å²) < 4.78 is 5.35. The molecule has 0 amide bonds. The summed E-state index contributed by atoms with van der Waals surface area (Å²) in [5.41, 5.74) is 5.73. The second-order valence-corrected chi connectivity index (χ2v) is 2.98. The second kappa shape index (κ2) is 2.64. The van der Waals surface area contributed by atoms with Crippen LogP contribution in [0.15, 0.2) is 34.9 Å². The van der Waals surface area contributed by atoms with E-state index >= 15 is 0 Å². The molecule has 0 unspecified atom stereocenters. The first-order valence-electron chi connectivity index (χ1n) is 4.01. The van der Waals surface area contributed by atoms with Crippen molar-refractivity contribution in [3.63, 3.8) is 0 Å². The highest BCUT2D eigenvalue weighted by Crippen LogP contribution is 2.24. The molecule has 0 aliphatic heterocycles. The quantitative estimate of drug-likeness (QED) is 0.697. The molecular weight excluding hydrogens is 150 g/mol. The Balaban J connectivity index is 2.70. The monoisotopic (exact) mass is 161 g/mol. The summed E-state index contributed by atoms with van der Waals surface area (Å²) in [6.07, 6.45) is 1.74. The van der Waals surface area contributed by atoms with Gasteiger partial charge in [0.15, 0.2) is 0 Å². The van der Waals surface area contributed by atoms with Crippen LogP contribution in [0.1, 0.15) is 18.7 Å². The molecule has 62 valence electrons. The van der Waals surface area contributed by atoms with Crippen molar-refractivity contribution in [2.45, 2.75) is 13.0 Å². The van der Waals surface area contributed by atoms with Gasteiger partial charge in [0, 0.05) is 10.8 Å². The maximum Gasteiger partial charge on any atom is 0.128 e. The predicted octanol–water partition coefficient (Wildman–Crippen LogP) is 2.45. The van der Waals surface area contributed by atoms with Gasteiger partial charge < -0.3 is 10.2 Å². The Kier molecular flexibility index (Phi) is 1.62. The Hall–Kier alpha value is -1.28. The zero-order valence-corrected chi connectivity index (χ0v) is 6.95. The Bertz CT molecular complexity index is 389. The van der Waals surface area contributed by atoms with E-state index in [2.05, 4.69) is 0 Å². The van der Waals surface area contributed by atoms with Gasteiger partial charge in [-0.2, -0.15) is 0 Å². The average molecular weight is 161 g/mol. The maximum absolute atomic E-state index is 5.73. The van der Waals surface area contributed by atoms with Gasteiger partial charge in [-0.05, 0) is 6.92 Å². The fourth-order valence-corrected chi connectivity index (χ4v) is 1.37. The summed E-state index contributed by atoms with van der Waals surface area (Å²) in [5, 5.41) is 2.23. The number of fused-ring (bicyclic) bond motifs is 1. The molecule has 0 saturated heterocycles. The molecule has 1 aromatic heterocycles. The first kappa shape index (κ1) is 7.37. The van der Waals surface area contributed by atoms with Crippen molar-refractivity contribution >= 4 is 10.8 Å². The third-order valence-corrected chi connectivity index (χ3v) is 1.95. The third-order valence-electron chi connectivity index (χ3n) is 1.95. The smallest absolute Gasteiger partial charge is 0.128 e. The van der Waals surface area contributed by atoms with Crippen LogP contribution in [0.5, 0.6) is 0 Å². The van der Waals surface area contributed by atoms with Crippen molar-refractivity contribution in [3.8, 4) is 0 Å². The molecule has 1 aromatic carbocycles. The zero-order chi connectivity index (χ0) is 8.55. The minimum absolute atomic E-state index is 0.0371. The van der Waals surface area contributed by atoms with Crippen LogP contribution in [0.3, 0.4) is 0 Å². The Labute approximate surface area is 71.0 Å². The van der Waals surface area contributed by atoms with Gasteiger partial charge >= 0.3 is 0 Å². The van der Waals surface area contributed by atoms with Gasteiger partial charge in [0.05, 0.1) is 12.3 Å². The van der Waals surface area contributed by atoms with Crippen LogP contribution in [0, 0.1) is 0 Å². The highest BCUT2D eigenvalue weighted by Gasteiger charge is 2.08. The molecule has 2 heteroatoms. The minimum atomic E-state index is -0.0371. The highest BCUT2D eigenvalue weighted by molar-refractivity contribution is 5.84. The standard InChI is InChI=1S/C10H11NO/c1-7(11)10-9-5-3-2-4-8(9)6-12-10/h2-7H,11H2,1H3/t7-/m1/s1. The van der Waals surface area contributed by atoms with Crippen molar-refractivity contribution in [1.29, 1.82) is 0 Å². The zero-order valence-electron chi connectivity index (χ0n) is 6.95. The topological polar surface area (TPSA) is 39.2 Å². The highest BCUT2D eigenvalue weighted by atomic mass is 16.3. The molecule has 12 heavy (non-hydrogen) atoms. The lowest BCUT2D eigenvalue weighted by Crippen LogP contribution is -2.03. The average Bonchev–Trinajstić information content (AvgIpc) is 2.47. The van der Waals surface area contributed by atoms with Crippen LogP contribution in [0.25, 0.3) is 10.8 Å². The summed E-state index contributed by atoms with van der Waals surface area (Å²) >= 11 is 0. The normalized spacial score (nSPS) is 13.5. The first-order chi connectivity index (χ1) is 5.79. The van der Waals surface area contributed by atoms with Crippen LogP contribution in [-0.4, -0.2) is 0 Å². The van der Waals surface area contributed by atoms with Gasteiger partial charge in [-0.15, -0.1) is 0 Å². The van der Waals surface area contributed by atoms with Gasteiger partial charge in [-0.3, -0.25) is 0 Å².